The highest BCUT2D eigenvalue weighted by molar-refractivity contribution is 9.10. The number of sulfonamides is 1. The summed E-state index contributed by atoms with van der Waals surface area (Å²) in [7, 11) is -2.16. The van der Waals surface area contributed by atoms with E-state index in [0.717, 1.165) is 10.2 Å². The summed E-state index contributed by atoms with van der Waals surface area (Å²) in [4.78, 5) is 1.26. The molecule has 4 N–H and O–H groups in total. The molecule has 0 aliphatic carbocycles. The fraction of sp³-hybridized carbons (Fsp3) is 0.167. The number of nitrogen functional groups attached to an aromatic ring is 1. The van der Waals surface area contributed by atoms with E-state index >= 15 is 0 Å². The van der Waals surface area contributed by atoms with Gasteiger partial charge in [-0.3, -0.25) is 0 Å². The van der Waals surface area contributed by atoms with Crippen LogP contribution in [0.15, 0.2) is 39.0 Å². The van der Waals surface area contributed by atoms with Gasteiger partial charge in [0.05, 0.1) is 5.69 Å². The summed E-state index contributed by atoms with van der Waals surface area (Å²) < 4.78 is 26.7. The van der Waals surface area contributed by atoms with E-state index in [-0.39, 0.29) is 10.6 Å². The van der Waals surface area contributed by atoms with Gasteiger partial charge in [-0.1, -0.05) is 0 Å². The van der Waals surface area contributed by atoms with E-state index in [1.807, 2.05) is 11.4 Å². The van der Waals surface area contributed by atoms with Gasteiger partial charge >= 0.3 is 0 Å². The van der Waals surface area contributed by atoms with Crippen LogP contribution < -0.4 is 15.8 Å². The van der Waals surface area contributed by atoms with Crippen molar-refractivity contribution in [3.63, 3.8) is 0 Å². The number of anilines is 2. The fourth-order valence-corrected chi connectivity index (χ4v) is 3.88. The highest BCUT2D eigenvalue weighted by atomic mass is 79.9. The number of halogens is 1. The molecule has 0 saturated carbocycles. The third-order valence-electron chi connectivity index (χ3n) is 2.66. The first-order chi connectivity index (χ1) is 9.42. The summed E-state index contributed by atoms with van der Waals surface area (Å²) in [5.74, 6) is 0. The molecule has 0 amide bonds. The number of nitrogens with two attached hydrogens (primary N) is 1. The molecular weight excluding hydrogens is 362 g/mol. The standard InChI is InChI=1S/C12H14BrN3O2S2/c1-15-20(17,18)12-3-2-9(5-11(12)14)16-6-10-4-8(13)7-19-10/h2-5,7,15-16H,6,14H2,1H3. The maximum absolute atomic E-state index is 11.7. The molecule has 1 heterocycles. The lowest BCUT2D eigenvalue weighted by atomic mass is 10.3. The van der Waals surface area contributed by atoms with Gasteiger partial charge in [-0.05, 0) is 47.2 Å². The maximum Gasteiger partial charge on any atom is 0.242 e. The van der Waals surface area contributed by atoms with E-state index in [0.29, 0.717) is 6.54 Å². The van der Waals surface area contributed by atoms with Gasteiger partial charge in [0.2, 0.25) is 10.0 Å². The Morgan fingerprint density at radius 2 is 2.10 bits per heavy atom. The molecule has 1 aromatic carbocycles. The molecule has 8 heteroatoms. The van der Waals surface area contributed by atoms with Crippen LogP contribution in [0, 0.1) is 0 Å². The molecule has 2 rings (SSSR count). The van der Waals surface area contributed by atoms with Crippen molar-refractivity contribution >= 4 is 48.7 Å². The van der Waals surface area contributed by atoms with Crippen molar-refractivity contribution < 1.29 is 8.42 Å². The Labute approximate surface area is 130 Å². The average Bonchev–Trinajstić information content (AvgIpc) is 2.82. The van der Waals surface area contributed by atoms with E-state index < -0.39 is 10.0 Å². The molecule has 0 saturated heterocycles. The summed E-state index contributed by atoms with van der Waals surface area (Å²) in [6.45, 7) is 0.661. The zero-order chi connectivity index (χ0) is 14.8. The van der Waals surface area contributed by atoms with Crippen LogP contribution in [0.3, 0.4) is 0 Å². The minimum atomic E-state index is -3.52. The molecule has 0 spiro atoms. The Kier molecular flexibility index (Phi) is 4.69. The Morgan fingerprint density at radius 1 is 1.35 bits per heavy atom. The van der Waals surface area contributed by atoms with Crippen LogP contribution in [0.25, 0.3) is 0 Å². The summed E-state index contributed by atoms with van der Waals surface area (Å²) in [5.41, 5.74) is 6.79. The van der Waals surface area contributed by atoms with Crippen molar-refractivity contribution in [3.05, 3.63) is 39.0 Å². The molecule has 108 valence electrons. The quantitative estimate of drug-likeness (QED) is 0.701. The zero-order valence-corrected chi connectivity index (χ0v) is 13.9. The summed E-state index contributed by atoms with van der Waals surface area (Å²) in [6.07, 6.45) is 0. The third kappa shape index (κ3) is 3.51. The lowest BCUT2D eigenvalue weighted by Crippen LogP contribution is -2.19. The molecule has 0 radical (unpaired) electrons. The van der Waals surface area contributed by atoms with E-state index in [1.54, 1.807) is 23.5 Å². The first-order valence-corrected chi connectivity index (χ1v) is 8.88. The van der Waals surface area contributed by atoms with Gasteiger partial charge in [0.25, 0.3) is 0 Å². The molecular formula is C12H14BrN3O2S2. The van der Waals surface area contributed by atoms with Gasteiger partial charge in [0.15, 0.2) is 0 Å². The van der Waals surface area contributed by atoms with Crippen LogP contribution in [0.4, 0.5) is 11.4 Å². The monoisotopic (exact) mass is 375 g/mol. The second-order valence-electron chi connectivity index (χ2n) is 4.04. The van der Waals surface area contributed by atoms with Gasteiger partial charge in [0.1, 0.15) is 4.90 Å². The second-order valence-corrected chi connectivity index (χ2v) is 7.81. The zero-order valence-electron chi connectivity index (χ0n) is 10.7. The Bertz CT molecular complexity index is 713. The van der Waals surface area contributed by atoms with Crippen molar-refractivity contribution in [3.8, 4) is 0 Å². The largest absolute Gasteiger partial charge is 0.398 e. The van der Waals surface area contributed by atoms with Gasteiger partial charge in [0, 0.05) is 27.0 Å². The smallest absolute Gasteiger partial charge is 0.242 e. The molecule has 0 bridgehead atoms. The summed E-state index contributed by atoms with van der Waals surface area (Å²) >= 11 is 5.04. The van der Waals surface area contributed by atoms with Crippen molar-refractivity contribution in [1.82, 2.24) is 4.72 Å². The van der Waals surface area contributed by atoms with Crippen LogP contribution in [0.1, 0.15) is 4.88 Å². The molecule has 0 fully saturated rings. The number of hydrogen-bond acceptors (Lipinski definition) is 5. The number of thiophene rings is 1. The molecule has 0 atom stereocenters. The lowest BCUT2D eigenvalue weighted by Gasteiger charge is -2.10. The van der Waals surface area contributed by atoms with Crippen LogP contribution >= 0.6 is 27.3 Å². The first kappa shape index (κ1) is 15.3. The maximum atomic E-state index is 11.7. The van der Waals surface area contributed by atoms with E-state index in [4.69, 9.17) is 5.73 Å². The molecule has 2 aromatic rings. The molecule has 0 unspecified atom stereocenters. The predicted molar refractivity (Wildman–Crippen MR) is 86.4 cm³/mol. The van der Waals surface area contributed by atoms with Gasteiger partial charge in [-0.2, -0.15) is 0 Å². The SMILES string of the molecule is CNS(=O)(=O)c1ccc(NCc2cc(Br)cs2)cc1N. The molecule has 0 aliphatic rings. The Balaban J connectivity index is 2.13. The normalized spacial score (nSPS) is 11.5. The van der Waals surface area contributed by atoms with Crippen LogP contribution in [0.2, 0.25) is 0 Å². The van der Waals surface area contributed by atoms with E-state index in [9.17, 15) is 8.42 Å². The first-order valence-electron chi connectivity index (χ1n) is 5.72. The van der Waals surface area contributed by atoms with E-state index in [2.05, 4.69) is 26.0 Å². The number of benzene rings is 1. The average molecular weight is 376 g/mol. The lowest BCUT2D eigenvalue weighted by molar-refractivity contribution is 0.588. The van der Waals surface area contributed by atoms with Crippen molar-refractivity contribution in [2.24, 2.45) is 0 Å². The van der Waals surface area contributed by atoms with Gasteiger partial charge in [-0.15, -0.1) is 11.3 Å². The summed E-state index contributed by atoms with van der Waals surface area (Å²) in [5, 5.41) is 5.21. The topological polar surface area (TPSA) is 84.2 Å². The van der Waals surface area contributed by atoms with Crippen molar-refractivity contribution in [2.45, 2.75) is 11.4 Å². The minimum absolute atomic E-state index is 0.0874. The molecule has 20 heavy (non-hydrogen) atoms. The summed E-state index contributed by atoms with van der Waals surface area (Å²) in [6, 6.07) is 6.84. The Hall–Kier alpha value is -1.09. The highest BCUT2D eigenvalue weighted by Gasteiger charge is 2.15. The Morgan fingerprint density at radius 3 is 2.65 bits per heavy atom. The highest BCUT2D eigenvalue weighted by Crippen LogP contribution is 2.24. The van der Waals surface area contributed by atoms with Crippen molar-refractivity contribution in [2.75, 3.05) is 18.1 Å². The van der Waals surface area contributed by atoms with Crippen LogP contribution in [-0.4, -0.2) is 15.5 Å². The van der Waals surface area contributed by atoms with E-state index in [1.165, 1.54) is 18.0 Å². The fourth-order valence-electron chi connectivity index (χ4n) is 1.65. The molecule has 0 aliphatic heterocycles. The van der Waals surface area contributed by atoms with Gasteiger partial charge in [-0.25, -0.2) is 13.1 Å². The van der Waals surface area contributed by atoms with Crippen molar-refractivity contribution in [1.29, 1.82) is 0 Å². The minimum Gasteiger partial charge on any atom is -0.398 e. The number of nitrogens with one attached hydrogen (secondary N) is 2. The third-order valence-corrected chi connectivity index (χ3v) is 5.84. The molecule has 5 nitrogen and oxygen atoms in total. The second kappa shape index (κ2) is 6.13. The van der Waals surface area contributed by atoms with Crippen LogP contribution in [0.5, 0.6) is 0 Å². The number of hydrogen-bond donors (Lipinski definition) is 3. The number of rotatable bonds is 5. The predicted octanol–water partition coefficient (Wildman–Crippen LogP) is 2.61. The van der Waals surface area contributed by atoms with Crippen LogP contribution in [-0.2, 0) is 16.6 Å². The van der Waals surface area contributed by atoms with Gasteiger partial charge < -0.3 is 11.1 Å². The molecule has 1 aromatic heterocycles.